The fourth-order valence-corrected chi connectivity index (χ4v) is 3.26. The van der Waals surface area contributed by atoms with E-state index in [0.717, 1.165) is 25.7 Å². The van der Waals surface area contributed by atoms with Crippen molar-refractivity contribution in [3.8, 4) is 0 Å². The van der Waals surface area contributed by atoms with Crippen molar-refractivity contribution in [1.29, 1.82) is 0 Å². The molecule has 0 spiro atoms. The second-order valence-corrected chi connectivity index (χ2v) is 7.21. The Bertz CT molecular complexity index is 355. The summed E-state index contributed by atoms with van der Waals surface area (Å²) in [5.41, 5.74) is -0.836. The van der Waals surface area contributed by atoms with E-state index in [-0.39, 0.29) is 18.4 Å². The van der Waals surface area contributed by atoms with E-state index < -0.39 is 11.4 Å². The van der Waals surface area contributed by atoms with Gasteiger partial charge in [-0.3, -0.25) is 9.59 Å². The zero-order chi connectivity index (χ0) is 16.0. The average molecular weight is 297 g/mol. The summed E-state index contributed by atoms with van der Waals surface area (Å²) >= 11 is 0. The van der Waals surface area contributed by atoms with Crippen molar-refractivity contribution >= 4 is 11.9 Å². The quantitative estimate of drug-likeness (QED) is 0.761. The molecule has 0 unspecified atom stereocenters. The molecule has 122 valence electrons. The molecule has 1 N–H and O–H groups in total. The van der Waals surface area contributed by atoms with E-state index in [2.05, 4.69) is 13.8 Å². The van der Waals surface area contributed by atoms with Gasteiger partial charge < -0.3 is 10.0 Å². The topological polar surface area (TPSA) is 57.6 Å². The van der Waals surface area contributed by atoms with Crippen molar-refractivity contribution in [2.75, 3.05) is 6.54 Å². The molecule has 0 atom stereocenters. The first-order chi connectivity index (χ1) is 9.78. The number of carbonyl (C=O) groups excluding carboxylic acids is 1. The third-order valence-electron chi connectivity index (χ3n) is 4.51. The standard InChI is InChI=1S/C17H31NO3/c1-13(2)12-18(14(3)4)15(19)11-17(16(20)21)9-7-5-6-8-10-17/h13-14H,5-12H2,1-4H3,(H,20,21). The third-order valence-corrected chi connectivity index (χ3v) is 4.51. The molecule has 1 aliphatic rings. The van der Waals surface area contributed by atoms with E-state index in [1.807, 2.05) is 18.7 Å². The van der Waals surface area contributed by atoms with Gasteiger partial charge in [-0.25, -0.2) is 0 Å². The van der Waals surface area contributed by atoms with Gasteiger partial charge in [-0.1, -0.05) is 39.5 Å². The summed E-state index contributed by atoms with van der Waals surface area (Å²) in [5, 5.41) is 9.69. The minimum Gasteiger partial charge on any atom is -0.481 e. The van der Waals surface area contributed by atoms with Gasteiger partial charge in [-0.05, 0) is 32.6 Å². The Labute approximate surface area is 128 Å². The van der Waals surface area contributed by atoms with E-state index in [1.54, 1.807) is 0 Å². The third kappa shape index (κ3) is 5.01. The normalized spacial score (nSPS) is 18.6. The number of carboxylic acids is 1. The minimum absolute atomic E-state index is 0.00278. The monoisotopic (exact) mass is 297 g/mol. The molecule has 1 aliphatic carbocycles. The van der Waals surface area contributed by atoms with Crippen LogP contribution in [0.2, 0.25) is 0 Å². The van der Waals surface area contributed by atoms with Gasteiger partial charge in [0, 0.05) is 19.0 Å². The molecule has 0 radical (unpaired) electrons. The number of carboxylic acid groups (broad SMARTS) is 1. The Morgan fingerprint density at radius 2 is 1.57 bits per heavy atom. The Kier molecular flexibility index (Phi) is 6.69. The maximum absolute atomic E-state index is 12.7. The minimum atomic E-state index is -0.836. The second kappa shape index (κ2) is 7.81. The fraction of sp³-hybridized carbons (Fsp3) is 0.882. The molecule has 0 aromatic rings. The van der Waals surface area contributed by atoms with Crippen LogP contribution in [0.5, 0.6) is 0 Å². The molecule has 0 aromatic carbocycles. The highest BCUT2D eigenvalue weighted by Gasteiger charge is 2.41. The van der Waals surface area contributed by atoms with E-state index in [4.69, 9.17) is 0 Å². The predicted octanol–water partition coefficient (Wildman–Crippen LogP) is 3.69. The average Bonchev–Trinajstić information content (AvgIpc) is 2.61. The van der Waals surface area contributed by atoms with Crippen LogP contribution in [0, 0.1) is 11.3 Å². The zero-order valence-corrected chi connectivity index (χ0v) is 14.0. The Balaban J connectivity index is 2.86. The van der Waals surface area contributed by atoms with Gasteiger partial charge in [-0.15, -0.1) is 0 Å². The number of amides is 1. The van der Waals surface area contributed by atoms with Gasteiger partial charge in [0.25, 0.3) is 0 Å². The molecule has 21 heavy (non-hydrogen) atoms. The SMILES string of the molecule is CC(C)CN(C(=O)CC1(C(=O)O)CCCCCC1)C(C)C. The number of hydrogen-bond acceptors (Lipinski definition) is 2. The summed E-state index contributed by atoms with van der Waals surface area (Å²) in [6.45, 7) is 8.87. The van der Waals surface area contributed by atoms with E-state index in [1.165, 1.54) is 0 Å². The van der Waals surface area contributed by atoms with Crippen molar-refractivity contribution in [1.82, 2.24) is 4.90 Å². The number of aliphatic carboxylic acids is 1. The number of rotatable bonds is 6. The molecular weight excluding hydrogens is 266 g/mol. The van der Waals surface area contributed by atoms with E-state index in [0.29, 0.717) is 25.3 Å². The van der Waals surface area contributed by atoms with Gasteiger partial charge in [-0.2, -0.15) is 0 Å². The smallest absolute Gasteiger partial charge is 0.310 e. The van der Waals surface area contributed by atoms with Gasteiger partial charge in [0.05, 0.1) is 5.41 Å². The molecule has 0 aromatic heterocycles. The number of nitrogens with zero attached hydrogens (tertiary/aromatic N) is 1. The second-order valence-electron chi connectivity index (χ2n) is 7.21. The van der Waals surface area contributed by atoms with Crippen molar-refractivity contribution in [3.05, 3.63) is 0 Å². The number of carbonyl (C=O) groups is 2. The molecule has 4 heteroatoms. The summed E-state index contributed by atoms with van der Waals surface area (Å²) < 4.78 is 0. The Morgan fingerprint density at radius 3 is 1.95 bits per heavy atom. The lowest BCUT2D eigenvalue weighted by Crippen LogP contribution is -2.44. The summed E-state index contributed by atoms with van der Waals surface area (Å²) in [7, 11) is 0. The van der Waals surface area contributed by atoms with Crippen LogP contribution >= 0.6 is 0 Å². The van der Waals surface area contributed by atoms with Gasteiger partial charge >= 0.3 is 5.97 Å². The highest BCUT2D eigenvalue weighted by Crippen LogP contribution is 2.39. The van der Waals surface area contributed by atoms with Crippen LogP contribution in [0.15, 0.2) is 0 Å². The molecule has 0 saturated heterocycles. The van der Waals surface area contributed by atoms with Crippen LogP contribution in [0.1, 0.15) is 72.6 Å². The van der Waals surface area contributed by atoms with Crippen LogP contribution in [0.4, 0.5) is 0 Å². The lowest BCUT2D eigenvalue weighted by molar-refractivity contribution is -0.155. The molecule has 0 bridgehead atoms. The Hall–Kier alpha value is -1.06. The maximum atomic E-state index is 12.7. The van der Waals surface area contributed by atoms with Gasteiger partial charge in [0.1, 0.15) is 0 Å². The van der Waals surface area contributed by atoms with Crippen molar-refractivity contribution in [2.24, 2.45) is 11.3 Å². The van der Waals surface area contributed by atoms with Crippen LogP contribution in [-0.4, -0.2) is 34.5 Å². The maximum Gasteiger partial charge on any atom is 0.310 e. The largest absolute Gasteiger partial charge is 0.481 e. The predicted molar refractivity (Wildman–Crippen MR) is 84.1 cm³/mol. The molecule has 1 amide bonds. The molecule has 1 fully saturated rings. The lowest BCUT2D eigenvalue weighted by atomic mass is 9.77. The molecule has 0 heterocycles. The summed E-state index contributed by atoms with van der Waals surface area (Å²) in [6, 6.07) is 0.122. The van der Waals surface area contributed by atoms with Gasteiger partial charge in [0.2, 0.25) is 5.91 Å². The first-order valence-electron chi connectivity index (χ1n) is 8.31. The van der Waals surface area contributed by atoms with Crippen LogP contribution < -0.4 is 0 Å². The molecule has 1 saturated carbocycles. The summed E-state index contributed by atoms with van der Waals surface area (Å²) in [4.78, 5) is 26.3. The summed E-state index contributed by atoms with van der Waals surface area (Å²) in [6.07, 6.45) is 5.46. The zero-order valence-electron chi connectivity index (χ0n) is 14.0. The van der Waals surface area contributed by atoms with Crippen LogP contribution in [0.3, 0.4) is 0 Å². The van der Waals surface area contributed by atoms with Crippen LogP contribution in [-0.2, 0) is 9.59 Å². The molecule has 4 nitrogen and oxygen atoms in total. The van der Waals surface area contributed by atoms with Crippen molar-refractivity contribution in [2.45, 2.75) is 78.7 Å². The number of hydrogen-bond donors (Lipinski definition) is 1. The van der Waals surface area contributed by atoms with E-state index >= 15 is 0 Å². The van der Waals surface area contributed by atoms with E-state index in [9.17, 15) is 14.7 Å². The highest BCUT2D eigenvalue weighted by atomic mass is 16.4. The summed E-state index contributed by atoms with van der Waals surface area (Å²) in [5.74, 6) is -0.389. The lowest BCUT2D eigenvalue weighted by Gasteiger charge is -2.34. The van der Waals surface area contributed by atoms with Crippen molar-refractivity contribution < 1.29 is 14.7 Å². The highest BCUT2D eigenvalue weighted by molar-refractivity contribution is 5.85. The van der Waals surface area contributed by atoms with Crippen LogP contribution in [0.25, 0.3) is 0 Å². The Morgan fingerprint density at radius 1 is 1.05 bits per heavy atom. The van der Waals surface area contributed by atoms with Gasteiger partial charge in [0.15, 0.2) is 0 Å². The molecule has 1 rings (SSSR count). The fourth-order valence-electron chi connectivity index (χ4n) is 3.26. The molecular formula is C17H31NO3. The molecule has 0 aliphatic heterocycles. The first-order valence-corrected chi connectivity index (χ1v) is 8.31. The first kappa shape index (κ1) is 18.0. The van der Waals surface area contributed by atoms with Crippen molar-refractivity contribution in [3.63, 3.8) is 0 Å².